The Morgan fingerprint density at radius 3 is 2.40 bits per heavy atom. The third kappa shape index (κ3) is 2.73. The lowest BCUT2D eigenvalue weighted by Crippen LogP contribution is -2.47. The van der Waals surface area contributed by atoms with Crippen LogP contribution >= 0.6 is 0 Å². The van der Waals surface area contributed by atoms with Crippen molar-refractivity contribution in [2.24, 2.45) is 11.8 Å². The van der Waals surface area contributed by atoms with E-state index in [1.165, 1.54) is 32.1 Å². The van der Waals surface area contributed by atoms with Crippen molar-refractivity contribution < 1.29 is 5.11 Å². The highest BCUT2D eigenvalue weighted by Gasteiger charge is 2.31. The van der Waals surface area contributed by atoms with Gasteiger partial charge < -0.3 is 10.4 Å². The molecule has 0 aliphatic heterocycles. The molecule has 2 saturated carbocycles. The number of aliphatic hydroxyl groups is 1. The second-order valence-corrected chi connectivity index (χ2v) is 5.77. The van der Waals surface area contributed by atoms with Gasteiger partial charge in [0.05, 0.1) is 6.10 Å². The maximum Gasteiger partial charge on any atom is 0.0693 e. The van der Waals surface area contributed by atoms with Crippen LogP contribution in [-0.4, -0.2) is 23.3 Å². The van der Waals surface area contributed by atoms with E-state index in [0.29, 0.717) is 12.1 Å². The van der Waals surface area contributed by atoms with Crippen molar-refractivity contribution in [1.29, 1.82) is 0 Å². The third-order valence-corrected chi connectivity index (χ3v) is 4.34. The summed E-state index contributed by atoms with van der Waals surface area (Å²) in [5.74, 6) is 1.67. The van der Waals surface area contributed by atoms with Gasteiger partial charge in [0.2, 0.25) is 0 Å². The first kappa shape index (κ1) is 11.4. The highest BCUT2D eigenvalue weighted by atomic mass is 16.3. The number of aliphatic hydroxyl groups excluding tert-OH is 1. The molecule has 2 aliphatic carbocycles. The van der Waals surface area contributed by atoms with E-state index in [9.17, 15) is 5.11 Å². The SMILES string of the molecule is CC1CCC(NC2CCCC2O)C(C)C1. The van der Waals surface area contributed by atoms with Gasteiger partial charge in [-0.15, -0.1) is 0 Å². The summed E-state index contributed by atoms with van der Waals surface area (Å²) >= 11 is 0. The maximum atomic E-state index is 9.80. The maximum absolute atomic E-state index is 9.80. The molecule has 0 aromatic carbocycles. The second kappa shape index (κ2) is 4.84. The summed E-state index contributed by atoms with van der Waals surface area (Å²) in [5.41, 5.74) is 0. The molecule has 0 aromatic rings. The zero-order chi connectivity index (χ0) is 10.8. The van der Waals surface area contributed by atoms with Crippen LogP contribution in [0.15, 0.2) is 0 Å². The van der Waals surface area contributed by atoms with Gasteiger partial charge in [0.15, 0.2) is 0 Å². The Kier molecular flexibility index (Phi) is 3.68. The van der Waals surface area contributed by atoms with Crippen LogP contribution in [0.1, 0.15) is 52.4 Å². The minimum Gasteiger partial charge on any atom is -0.392 e. The van der Waals surface area contributed by atoms with Crippen LogP contribution in [-0.2, 0) is 0 Å². The van der Waals surface area contributed by atoms with Crippen molar-refractivity contribution in [3.05, 3.63) is 0 Å². The van der Waals surface area contributed by atoms with Gasteiger partial charge in [-0.25, -0.2) is 0 Å². The summed E-state index contributed by atoms with van der Waals surface area (Å²) in [5, 5.41) is 13.5. The van der Waals surface area contributed by atoms with Crippen molar-refractivity contribution in [2.45, 2.75) is 70.6 Å². The average molecular weight is 211 g/mol. The summed E-state index contributed by atoms with van der Waals surface area (Å²) in [6, 6.07) is 1.03. The minimum atomic E-state index is -0.0865. The number of nitrogens with one attached hydrogen (secondary N) is 1. The molecular weight excluding hydrogens is 186 g/mol. The zero-order valence-corrected chi connectivity index (χ0v) is 10.1. The van der Waals surface area contributed by atoms with Gasteiger partial charge in [0, 0.05) is 12.1 Å². The van der Waals surface area contributed by atoms with Gasteiger partial charge in [0.1, 0.15) is 0 Å². The molecule has 2 nitrogen and oxygen atoms in total. The van der Waals surface area contributed by atoms with Crippen LogP contribution in [0.4, 0.5) is 0 Å². The molecule has 0 saturated heterocycles. The first-order chi connectivity index (χ1) is 7.16. The third-order valence-electron chi connectivity index (χ3n) is 4.34. The molecule has 0 bridgehead atoms. The van der Waals surface area contributed by atoms with E-state index in [0.717, 1.165) is 18.3 Å². The summed E-state index contributed by atoms with van der Waals surface area (Å²) < 4.78 is 0. The lowest BCUT2D eigenvalue weighted by Gasteiger charge is -2.35. The van der Waals surface area contributed by atoms with Crippen LogP contribution in [0.3, 0.4) is 0 Å². The van der Waals surface area contributed by atoms with Crippen molar-refractivity contribution in [3.8, 4) is 0 Å². The standard InChI is InChI=1S/C13H25NO/c1-9-6-7-11(10(2)8-9)14-12-4-3-5-13(12)15/h9-15H,3-8H2,1-2H3. The van der Waals surface area contributed by atoms with Crippen LogP contribution in [0.5, 0.6) is 0 Å². The Morgan fingerprint density at radius 1 is 1.00 bits per heavy atom. The van der Waals surface area contributed by atoms with Gasteiger partial charge in [-0.2, -0.15) is 0 Å². The summed E-state index contributed by atoms with van der Waals surface area (Å²) in [6.45, 7) is 4.71. The molecule has 2 rings (SSSR count). The minimum absolute atomic E-state index is 0.0865. The lowest BCUT2D eigenvalue weighted by atomic mass is 9.79. The van der Waals surface area contributed by atoms with E-state index in [-0.39, 0.29) is 6.10 Å². The molecule has 2 fully saturated rings. The van der Waals surface area contributed by atoms with Gasteiger partial charge in [-0.1, -0.05) is 13.8 Å². The van der Waals surface area contributed by atoms with Crippen LogP contribution in [0, 0.1) is 11.8 Å². The van der Waals surface area contributed by atoms with Crippen molar-refractivity contribution in [1.82, 2.24) is 5.32 Å². The topological polar surface area (TPSA) is 32.3 Å². The molecule has 2 heteroatoms. The van der Waals surface area contributed by atoms with E-state index in [1.807, 2.05) is 0 Å². The van der Waals surface area contributed by atoms with Crippen LogP contribution < -0.4 is 5.32 Å². The molecule has 15 heavy (non-hydrogen) atoms. The predicted octanol–water partition coefficient (Wildman–Crippen LogP) is 2.31. The van der Waals surface area contributed by atoms with Gasteiger partial charge in [0.25, 0.3) is 0 Å². The fourth-order valence-corrected chi connectivity index (χ4v) is 3.32. The molecule has 0 amide bonds. The molecule has 2 N–H and O–H groups in total. The van der Waals surface area contributed by atoms with E-state index in [2.05, 4.69) is 19.2 Å². The number of hydrogen-bond acceptors (Lipinski definition) is 2. The average Bonchev–Trinajstić information content (AvgIpc) is 2.57. The van der Waals surface area contributed by atoms with Crippen molar-refractivity contribution >= 4 is 0 Å². The first-order valence-corrected chi connectivity index (χ1v) is 6.61. The molecule has 5 atom stereocenters. The van der Waals surface area contributed by atoms with E-state index in [1.54, 1.807) is 0 Å². The highest BCUT2D eigenvalue weighted by Crippen LogP contribution is 2.30. The Balaban J connectivity index is 1.83. The fraction of sp³-hybridized carbons (Fsp3) is 1.00. The van der Waals surface area contributed by atoms with Crippen molar-refractivity contribution in [3.63, 3.8) is 0 Å². The molecule has 5 unspecified atom stereocenters. The van der Waals surface area contributed by atoms with Gasteiger partial charge in [-0.3, -0.25) is 0 Å². The Hall–Kier alpha value is -0.0800. The molecular formula is C13H25NO. The van der Waals surface area contributed by atoms with E-state index < -0.39 is 0 Å². The molecule has 0 aromatic heterocycles. The quantitative estimate of drug-likeness (QED) is 0.734. The molecule has 2 aliphatic rings. The number of hydrogen-bond donors (Lipinski definition) is 2. The second-order valence-electron chi connectivity index (χ2n) is 5.77. The van der Waals surface area contributed by atoms with E-state index in [4.69, 9.17) is 0 Å². The highest BCUT2D eigenvalue weighted by molar-refractivity contribution is 4.89. The largest absolute Gasteiger partial charge is 0.392 e. The predicted molar refractivity (Wildman–Crippen MR) is 62.7 cm³/mol. The fourth-order valence-electron chi connectivity index (χ4n) is 3.32. The van der Waals surface area contributed by atoms with Crippen LogP contribution in [0.25, 0.3) is 0 Å². The Bertz CT molecular complexity index is 207. The normalized spacial score (nSPS) is 47.0. The lowest BCUT2D eigenvalue weighted by molar-refractivity contribution is 0.124. The Morgan fingerprint density at radius 2 is 1.80 bits per heavy atom. The first-order valence-electron chi connectivity index (χ1n) is 6.61. The van der Waals surface area contributed by atoms with Crippen molar-refractivity contribution in [2.75, 3.05) is 0 Å². The van der Waals surface area contributed by atoms with Gasteiger partial charge >= 0.3 is 0 Å². The van der Waals surface area contributed by atoms with Crippen LogP contribution in [0.2, 0.25) is 0 Å². The number of rotatable bonds is 2. The molecule has 88 valence electrons. The summed E-state index contributed by atoms with van der Waals surface area (Å²) in [4.78, 5) is 0. The van der Waals surface area contributed by atoms with Gasteiger partial charge in [-0.05, 0) is 50.4 Å². The zero-order valence-electron chi connectivity index (χ0n) is 10.1. The van der Waals surface area contributed by atoms with E-state index >= 15 is 0 Å². The Labute approximate surface area is 93.5 Å². The summed E-state index contributed by atoms with van der Waals surface area (Å²) in [7, 11) is 0. The molecule has 0 radical (unpaired) electrons. The smallest absolute Gasteiger partial charge is 0.0693 e. The molecule has 0 spiro atoms. The molecule has 0 heterocycles. The monoisotopic (exact) mass is 211 g/mol. The summed E-state index contributed by atoms with van der Waals surface area (Å²) in [6.07, 6.45) is 7.26.